The summed E-state index contributed by atoms with van der Waals surface area (Å²) in [7, 11) is 2.06. The van der Waals surface area contributed by atoms with Gasteiger partial charge in [0, 0.05) is 48.3 Å². The number of likely N-dealkylation sites (N-methyl/N-ethyl adjacent to an activating group) is 1. The second-order valence-corrected chi connectivity index (χ2v) is 9.69. The molecule has 5 heteroatoms. The zero-order chi connectivity index (χ0) is 24.2. The van der Waals surface area contributed by atoms with E-state index in [4.69, 9.17) is 21.3 Å². The average Bonchev–Trinajstić information content (AvgIpc) is 3.14. The van der Waals surface area contributed by atoms with Gasteiger partial charge in [-0.3, -0.25) is 4.99 Å². The van der Waals surface area contributed by atoms with Gasteiger partial charge in [-0.05, 0) is 72.3 Å². The van der Waals surface area contributed by atoms with Crippen LogP contribution in [0.4, 0.5) is 17.1 Å². The fourth-order valence-corrected chi connectivity index (χ4v) is 5.66. The van der Waals surface area contributed by atoms with Crippen LogP contribution in [0.3, 0.4) is 0 Å². The van der Waals surface area contributed by atoms with Gasteiger partial charge in [0.15, 0.2) is 0 Å². The highest BCUT2D eigenvalue weighted by Crippen LogP contribution is 2.48. The minimum absolute atomic E-state index is 0.660. The third-order valence-electron chi connectivity index (χ3n) is 7.38. The molecular formula is C30H28ClN3O. The maximum Gasteiger partial charge on any atom is 0.223 e. The van der Waals surface area contributed by atoms with Gasteiger partial charge in [0.25, 0.3) is 0 Å². The molecule has 1 spiro atoms. The third kappa shape index (κ3) is 3.47. The van der Waals surface area contributed by atoms with E-state index in [1.807, 2.05) is 18.3 Å². The first-order valence-corrected chi connectivity index (χ1v) is 12.6. The average molecular weight is 482 g/mol. The van der Waals surface area contributed by atoms with Crippen LogP contribution in [0.1, 0.15) is 19.4 Å². The number of hydrogen-bond donors (Lipinski definition) is 0. The Labute approximate surface area is 211 Å². The zero-order valence-electron chi connectivity index (χ0n) is 20.3. The van der Waals surface area contributed by atoms with Crippen molar-refractivity contribution in [3.05, 3.63) is 83.4 Å². The molecule has 0 N–H and O–H groups in total. The van der Waals surface area contributed by atoms with Crippen molar-refractivity contribution in [1.82, 2.24) is 0 Å². The maximum atomic E-state index is 6.81. The molecule has 1 unspecified atom stereocenters. The molecule has 0 bridgehead atoms. The Kier molecular flexibility index (Phi) is 5.23. The maximum absolute atomic E-state index is 6.81. The summed E-state index contributed by atoms with van der Waals surface area (Å²) in [6.07, 6.45) is 2.65. The SMILES string of the molecule is CCN(CC)c1ccc(-c2cc3c(c4ccccc24)N=CC2(Cc4cc(Cl)ccc4N2C)O3)cc1. The van der Waals surface area contributed by atoms with Gasteiger partial charge in [-0.25, -0.2) is 0 Å². The van der Waals surface area contributed by atoms with Crippen molar-refractivity contribution in [1.29, 1.82) is 0 Å². The number of rotatable bonds is 4. The van der Waals surface area contributed by atoms with Crippen molar-refractivity contribution in [2.24, 2.45) is 4.99 Å². The molecular weight excluding hydrogens is 454 g/mol. The molecule has 0 aromatic heterocycles. The van der Waals surface area contributed by atoms with E-state index in [0.717, 1.165) is 46.2 Å². The first-order valence-electron chi connectivity index (χ1n) is 12.2. The van der Waals surface area contributed by atoms with Crippen molar-refractivity contribution in [2.75, 3.05) is 29.9 Å². The quantitative estimate of drug-likeness (QED) is 0.302. The molecule has 2 heterocycles. The molecule has 4 aromatic carbocycles. The fourth-order valence-electron chi connectivity index (χ4n) is 5.46. The minimum atomic E-state index is -0.660. The van der Waals surface area contributed by atoms with Crippen LogP contribution < -0.4 is 14.5 Å². The van der Waals surface area contributed by atoms with E-state index in [9.17, 15) is 0 Å². The molecule has 0 radical (unpaired) electrons. The summed E-state index contributed by atoms with van der Waals surface area (Å²) in [5, 5.41) is 3.01. The number of hydrogen-bond acceptors (Lipinski definition) is 4. The van der Waals surface area contributed by atoms with Gasteiger partial charge in [0.05, 0.1) is 6.21 Å². The number of ether oxygens (including phenoxy) is 1. The Hall–Kier alpha value is -3.50. The van der Waals surface area contributed by atoms with Crippen molar-refractivity contribution in [3.63, 3.8) is 0 Å². The summed E-state index contributed by atoms with van der Waals surface area (Å²) in [6.45, 7) is 6.36. The van der Waals surface area contributed by atoms with Crippen LogP contribution in [0.15, 0.2) is 77.8 Å². The molecule has 35 heavy (non-hydrogen) atoms. The highest BCUT2D eigenvalue weighted by molar-refractivity contribution is 6.30. The van der Waals surface area contributed by atoms with E-state index in [2.05, 4.69) is 91.4 Å². The summed E-state index contributed by atoms with van der Waals surface area (Å²) in [5.41, 5.74) is 6.08. The highest BCUT2D eigenvalue weighted by atomic mass is 35.5. The summed E-state index contributed by atoms with van der Waals surface area (Å²) < 4.78 is 6.81. The number of fused-ring (bicyclic) bond motifs is 4. The monoisotopic (exact) mass is 481 g/mol. The molecule has 176 valence electrons. The number of nitrogens with zero attached hydrogens (tertiary/aromatic N) is 3. The van der Waals surface area contributed by atoms with Gasteiger partial charge in [-0.2, -0.15) is 0 Å². The van der Waals surface area contributed by atoms with E-state index < -0.39 is 5.72 Å². The van der Waals surface area contributed by atoms with Crippen molar-refractivity contribution in [2.45, 2.75) is 26.0 Å². The van der Waals surface area contributed by atoms with E-state index in [1.165, 1.54) is 22.2 Å². The van der Waals surface area contributed by atoms with Gasteiger partial charge in [0.2, 0.25) is 5.72 Å². The number of benzene rings is 4. The predicted molar refractivity (Wildman–Crippen MR) is 148 cm³/mol. The summed E-state index contributed by atoms with van der Waals surface area (Å²) in [5.74, 6) is 0.805. The van der Waals surface area contributed by atoms with Gasteiger partial charge >= 0.3 is 0 Å². The third-order valence-corrected chi connectivity index (χ3v) is 7.62. The Balaban J connectivity index is 1.45. The van der Waals surface area contributed by atoms with Crippen LogP contribution in [0.25, 0.3) is 21.9 Å². The fraction of sp³-hybridized carbons (Fsp3) is 0.233. The largest absolute Gasteiger partial charge is 0.460 e. The summed E-state index contributed by atoms with van der Waals surface area (Å²) in [4.78, 5) is 9.50. The first kappa shape index (κ1) is 22.0. The van der Waals surface area contributed by atoms with E-state index in [0.29, 0.717) is 6.42 Å². The number of anilines is 2. The van der Waals surface area contributed by atoms with Gasteiger partial charge in [-0.15, -0.1) is 0 Å². The van der Waals surface area contributed by atoms with Crippen LogP contribution in [-0.2, 0) is 6.42 Å². The molecule has 0 amide bonds. The van der Waals surface area contributed by atoms with Crippen LogP contribution in [0.5, 0.6) is 5.75 Å². The van der Waals surface area contributed by atoms with Gasteiger partial charge in [0.1, 0.15) is 11.4 Å². The van der Waals surface area contributed by atoms with E-state index in [1.54, 1.807) is 0 Å². The Morgan fingerprint density at radius 1 is 0.971 bits per heavy atom. The normalized spacial score (nSPS) is 18.0. The Bertz CT molecular complexity index is 1460. The smallest absolute Gasteiger partial charge is 0.223 e. The zero-order valence-corrected chi connectivity index (χ0v) is 21.0. The number of halogens is 1. The molecule has 4 nitrogen and oxygen atoms in total. The second kappa shape index (κ2) is 8.31. The van der Waals surface area contributed by atoms with Crippen molar-refractivity contribution < 1.29 is 4.74 Å². The molecule has 0 aliphatic carbocycles. The lowest BCUT2D eigenvalue weighted by Crippen LogP contribution is -2.52. The Morgan fingerprint density at radius 3 is 2.46 bits per heavy atom. The minimum Gasteiger partial charge on any atom is -0.460 e. The summed E-state index contributed by atoms with van der Waals surface area (Å²) >= 11 is 6.29. The Morgan fingerprint density at radius 2 is 1.71 bits per heavy atom. The van der Waals surface area contributed by atoms with Gasteiger partial charge < -0.3 is 14.5 Å². The molecule has 2 aliphatic rings. The van der Waals surface area contributed by atoms with Crippen LogP contribution in [0, 0.1) is 0 Å². The van der Waals surface area contributed by atoms with Crippen LogP contribution >= 0.6 is 11.6 Å². The van der Waals surface area contributed by atoms with Crippen molar-refractivity contribution >= 4 is 45.7 Å². The molecule has 0 saturated carbocycles. The summed E-state index contributed by atoms with van der Waals surface area (Å²) in [6, 6.07) is 25.5. The predicted octanol–water partition coefficient (Wildman–Crippen LogP) is 7.49. The number of aliphatic imine (C=N–C) groups is 1. The molecule has 4 aromatic rings. The topological polar surface area (TPSA) is 28.1 Å². The molecule has 1 atom stereocenters. The molecule has 2 aliphatic heterocycles. The molecule has 0 saturated heterocycles. The van der Waals surface area contributed by atoms with E-state index >= 15 is 0 Å². The lowest BCUT2D eigenvalue weighted by atomic mass is 9.95. The lowest BCUT2D eigenvalue weighted by molar-refractivity contribution is 0.154. The van der Waals surface area contributed by atoms with Gasteiger partial charge in [-0.1, -0.05) is 48.0 Å². The second-order valence-electron chi connectivity index (χ2n) is 9.25. The van der Waals surface area contributed by atoms with Crippen LogP contribution in [-0.4, -0.2) is 32.1 Å². The lowest BCUT2D eigenvalue weighted by Gasteiger charge is -2.37. The molecule has 6 rings (SSSR count). The van der Waals surface area contributed by atoms with Crippen molar-refractivity contribution in [3.8, 4) is 16.9 Å². The molecule has 0 fully saturated rings. The van der Waals surface area contributed by atoms with Crippen LogP contribution in [0.2, 0.25) is 5.02 Å². The first-order chi connectivity index (χ1) is 17.0. The standard InChI is InChI=1S/C30H28ClN3O/c1-4-34(5-2)23-13-10-20(11-14-23)26-17-28-29(25-9-7-6-8-24(25)26)32-19-30(35-28)18-21-16-22(31)12-15-27(21)33(30)3/h6-17,19H,4-5,18H2,1-3H3. The highest BCUT2D eigenvalue weighted by Gasteiger charge is 2.45. The van der Waals surface area contributed by atoms with E-state index in [-0.39, 0.29) is 0 Å².